The molecule has 0 saturated heterocycles. The first kappa shape index (κ1) is 10.8. The zero-order valence-corrected chi connectivity index (χ0v) is 8.40. The summed E-state index contributed by atoms with van der Waals surface area (Å²) in [4.78, 5) is 9.16. The normalized spacial score (nSPS) is 10.6. The van der Waals surface area contributed by atoms with Gasteiger partial charge in [0.05, 0.1) is 12.7 Å². The summed E-state index contributed by atoms with van der Waals surface area (Å²) >= 11 is 0. The van der Waals surface area contributed by atoms with Gasteiger partial charge in [-0.3, -0.25) is 0 Å². The lowest BCUT2D eigenvalue weighted by Crippen LogP contribution is -2.15. The minimum absolute atomic E-state index is 0.288. The minimum atomic E-state index is -0.567. The van der Waals surface area contributed by atoms with E-state index < -0.39 is 5.95 Å². The Bertz CT molecular complexity index is 281. The van der Waals surface area contributed by atoms with Crippen molar-refractivity contribution in [1.82, 2.24) is 14.9 Å². The molecule has 1 heterocycles. The molecule has 0 N–H and O–H groups in total. The lowest BCUT2D eigenvalue weighted by molar-refractivity contribution is 0.271. The molecule has 4 nitrogen and oxygen atoms in total. The van der Waals surface area contributed by atoms with Gasteiger partial charge in [-0.05, 0) is 20.5 Å². The summed E-state index contributed by atoms with van der Waals surface area (Å²) in [7, 11) is 3.98. The average Bonchev–Trinajstić information content (AvgIpc) is 2.12. The second-order valence-corrected chi connectivity index (χ2v) is 3.18. The van der Waals surface area contributed by atoms with Gasteiger partial charge in [-0.15, -0.1) is 0 Å². The Labute approximate surface area is 82.7 Å². The maximum absolute atomic E-state index is 12.6. The van der Waals surface area contributed by atoms with Gasteiger partial charge in [0.1, 0.15) is 6.33 Å². The van der Waals surface area contributed by atoms with Gasteiger partial charge < -0.3 is 9.64 Å². The number of halogens is 1. The molecule has 14 heavy (non-hydrogen) atoms. The topological polar surface area (TPSA) is 38.2 Å². The van der Waals surface area contributed by atoms with Crippen LogP contribution in [0.1, 0.15) is 6.42 Å². The third-order valence-electron chi connectivity index (χ3n) is 1.61. The van der Waals surface area contributed by atoms with Crippen molar-refractivity contribution in [3.05, 3.63) is 18.3 Å². The van der Waals surface area contributed by atoms with Gasteiger partial charge in [0.25, 0.3) is 0 Å². The molecule has 78 valence electrons. The number of ether oxygens (including phenoxy) is 1. The second kappa shape index (κ2) is 5.49. The van der Waals surface area contributed by atoms with Crippen LogP contribution in [0.3, 0.4) is 0 Å². The molecule has 0 bridgehead atoms. The van der Waals surface area contributed by atoms with Crippen LogP contribution in [0.4, 0.5) is 4.39 Å². The van der Waals surface area contributed by atoms with E-state index in [1.54, 1.807) is 0 Å². The van der Waals surface area contributed by atoms with Crippen molar-refractivity contribution in [2.24, 2.45) is 0 Å². The van der Waals surface area contributed by atoms with E-state index in [1.807, 2.05) is 14.1 Å². The van der Waals surface area contributed by atoms with Gasteiger partial charge in [-0.2, -0.15) is 4.39 Å². The van der Waals surface area contributed by atoms with Crippen LogP contribution in [0, 0.1) is 5.95 Å². The van der Waals surface area contributed by atoms with Gasteiger partial charge in [0, 0.05) is 6.54 Å². The molecule has 5 heteroatoms. The standard InChI is InChI=1S/C9H14FN3O/c1-13(2)4-3-5-14-9-6-8(10)11-7-12-9/h6-7H,3-5H2,1-2H3. The Balaban J connectivity index is 2.25. The maximum Gasteiger partial charge on any atom is 0.219 e. The van der Waals surface area contributed by atoms with E-state index in [2.05, 4.69) is 14.9 Å². The van der Waals surface area contributed by atoms with Gasteiger partial charge >= 0.3 is 0 Å². The van der Waals surface area contributed by atoms with Crippen molar-refractivity contribution < 1.29 is 9.13 Å². The molecule has 0 aromatic carbocycles. The van der Waals surface area contributed by atoms with Crippen LogP contribution < -0.4 is 4.74 Å². The molecule has 0 unspecified atom stereocenters. The third kappa shape index (κ3) is 4.13. The molecule has 0 atom stereocenters. The van der Waals surface area contributed by atoms with Gasteiger partial charge in [0.15, 0.2) is 0 Å². The fourth-order valence-corrected chi connectivity index (χ4v) is 0.954. The van der Waals surface area contributed by atoms with Gasteiger partial charge in [-0.25, -0.2) is 9.97 Å². The Kier molecular flexibility index (Phi) is 4.25. The van der Waals surface area contributed by atoms with Crippen molar-refractivity contribution in [3.63, 3.8) is 0 Å². The maximum atomic E-state index is 12.6. The highest BCUT2D eigenvalue weighted by Gasteiger charge is 1.98. The number of hydrogen-bond donors (Lipinski definition) is 0. The molecule has 0 amide bonds. The first-order valence-corrected chi connectivity index (χ1v) is 4.43. The summed E-state index contributed by atoms with van der Waals surface area (Å²) in [6, 6.07) is 1.18. The Morgan fingerprint density at radius 2 is 2.21 bits per heavy atom. The molecule has 0 radical (unpaired) electrons. The van der Waals surface area contributed by atoms with Crippen LogP contribution in [-0.4, -0.2) is 42.1 Å². The lowest BCUT2D eigenvalue weighted by Gasteiger charge is -2.09. The number of hydrogen-bond acceptors (Lipinski definition) is 4. The minimum Gasteiger partial charge on any atom is -0.477 e. The number of nitrogens with zero attached hydrogens (tertiary/aromatic N) is 3. The van der Waals surface area contributed by atoms with E-state index >= 15 is 0 Å². The molecule has 1 aromatic rings. The van der Waals surface area contributed by atoms with E-state index in [-0.39, 0.29) is 5.88 Å². The van der Waals surface area contributed by atoms with Crippen molar-refractivity contribution in [2.45, 2.75) is 6.42 Å². The molecular weight excluding hydrogens is 185 g/mol. The molecule has 0 aliphatic carbocycles. The predicted molar refractivity (Wildman–Crippen MR) is 50.7 cm³/mol. The largest absolute Gasteiger partial charge is 0.477 e. The van der Waals surface area contributed by atoms with E-state index in [9.17, 15) is 4.39 Å². The van der Waals surface area contributed by atoms with Crippen LogP contribution in [0.15, 0.2) is 12.4 Å². The molecular formula is C9H14FN3O. The predicted octanol–water partition coefficient (Wildman–Crippen LogP) is 0.946. The Morgan fingerprint density at radius 3 is 2.86 bits per heavy atom. The van der Waals surface area contributed by atoms with E-state index in [1.165, 1.54) is 6.07 Å². The molecule has 0 spiro atoms. The van der Waals surface area contributed by atoms with Crippen LogP contribution in [-0.2, 0) is 0 Å². The lowest BCUT2D eigenvalue weighted by atomic mass is 10.4. The molecule has 0 saturated carbocycles. The summed E-state index contributed by atoms with van der Waals surface area (Å²) in [5.74, 6) is -0.279. The second-order valence-electron chi connectivity index (χ2n) is 3.18. The van der Waals surface area contributed by atoms with Crippen LogP contribution in [0.2, 0.25) is 0 Å². The molecule has 1 rings (SSSR count). The molecule has 0 aliphatic rings. The zero-order valence-electron chi connectivity index (χ0n) is 8.40. The highest BCUT2D eigenvalue weighted by Crippen LogP contribution is 2.05. The van der Waals surface area contributed by atoms with Crippen molar-refractivity contribution >= 4 is 0 Å². The first-order chi connectivity index (χ1) is 6.68. The van der Waals surface area contributed by atoms with Gasteiger partial charge in [0.2, 0.25) is 11.8 Å². The number of aromatic nitrogens is 2. The monoisotopic (exact) mass is 199 g/mol. The third-order valence-corrected chi connectivity index (χ3v) is 1.61. The highest BCUT2D eigenvalue weighted by molar-refractivity contribution is 5.05. The summed E-state index contributed by atoms with van der Waals surface area (Å²) < 4.78 is 17.8. The fraction of sp³-hybridized carbons (Fsp3) is 0.556. The SMILES string of the molecule is CN(C)CCCOc1cc(F)ncn1. The first-order valence-electron chi connectivity index (χ1n) is 4.43. The van der Waals surface area contributed by atoms with Crippen molar-refractivity contribution in [3.8, 4) is 5.88 Å². The molecule has 1 aromatic heterocycles. The van der Waals surface area contributed by atoms with Crippen LogP contribution >= 0.6 is 0 Å². The summed E-state index contributed by atoms with van der Waals surface area (Å²) in [5.41, 5.74) is 0. The van der Waals surface area contributed by atoms with Crippen LogP contribution in [0.5, 0.6) is 5.88 Å². The van der Waals surface area contributed by atoms with Crippen molar-refractivity contribution in [1.29, 1.82) is 0 Å². The average molecular weight is 199 g/mol. The summed E-state index contributed by atoms with van der Waals surface area (Å²) in [6.45, 7) is 1.47. The highest BCUT2D eigenvalue weighted by atomic mass is 19.1. The van der Waals surface area contributed by atoms with E-state index in [0.29, 0.717) is 6.61 Å². The van der Waals surface area contributed by atoms with Crippen LogP contribution in [0.25, 0.3) is 0 Å². The fourth-order valence-electron chi connectivity index (χ4n) is 0.954. The Hall–Kier alpha value is -1.23. The summed E-state index contributed by atoms with van der Waals surface area (Å²) in [6.07, 6.45) is 2.04. The molecule has 0 aliphatic heterocycles. The zero-order chi connectivity index (χ0) is 10.4. The van der Waals surface area contributed by atoms with Gasteiger partial charge in [-0.1, -0.05) is 0 Å². The molecule has 0 fully saturated rings. The summed E-state index contributed by atoms with van der Waals surface area (Å²) in [5, 5.41) is 0. The van der Waals surface area contributed by atoms with E-state index in [4.69, 9.17) is 4.74 Å². The Morgan fingerprint density at radius 1 is 1.43 bits per heavy atom. The van der Waals surface area contributed by atoms with E-state index in [0.717, 1.165) is 19.3 Å². The van der Waals surface area contributed by atoms with Crippen molar-refractivity contribution in [2.75, 3.05) is 27.2 Å². The smallest absolute Gasteiger partial charge is 0.219 e. The number of rotatable bonds is 5. The quantitative estimate of drug-likeness (QED) is 0.522.